The topological polar surface area (TPSA) is 45.2 Å². The summed E-state index contributed by atoms with van der Waals surface area (Å²) in [5, 5.41) is 2.87. The lowest BCUT2D eigenvalue weighted by Gasteiger charge is -2.19. The minimum absolute atomic E-state index is 0.238. The second-order valence-corrected chi connectivity index (χ2v) is 6.59. The van der Waals surface area contributed by atoms with E-state index in [9.17, 15) is 4.79 Å². The predicted molar refractivity (Wildman–Crippen MR) is 106 cm³/mol. The fourth-order valence-corrected chi connectivity index (χ4v) is 3.02. The normalized spacial score (nSPS) is 10.4. The zero-order chi connectivity index (χ0) is 17.8. The number of aryl methyl sites for hydroxylation is 1. The Morgan fingerprint density at radius 2 is 1.80 bits per heavy atom. The molecule has 25 heavy (non-hydrogen) atoms. The van der Waals surface area contributed by atoms with Crippen LogP contribution in [0, 0.1) is 6.92 Å². The molecule has 0 bridgehead atoms. The van der Waals surface area contributed by atoms with E-state index in [2.05, 4.69) is 26.2 Å². The molecule has 1 heterocycles. The van der Waals surface area contributed by atoms with Gasteiger partial charge in [0.25, 0.3) is 5.91 Å². The van der Waals surface area contributed by atoms with E-state index in [-0.39, 0.29) is 5.91 Å². The molecule has 0 saturated heterocycles. The van der Waals surface area contributed by atoms with Gasteiger partial charge in [-0.25, -0.2) is 4.98 Å². The number of hydrogen-bond acceptors (Lipinski definition) is 3. The van der Waals surface area contributed by atoms with E-state index in [1.54, 1.807) is 12.3 Å². The van der Waals surface area contributed by atoms with Crippen LogP contribution in [0.25, 0.3) is 0 Å². The van der Waals surface area contributed by atoms with Gasteiger partial charge in [-0.3, -0.25) is 4.79 Å². The van der Waals surface area contributed by atoms with Crippen molar-refractivity contribution in [3.05, 3.63) is 82.6 Å². The summed E-state index contributed by atoms with van der Waals surface area (Å²) in [6.07, 6.45) is 1.70. The van der Waals surface area contributed by atoms with Crippen LogP contribution in [-0.2, 0) is 0 Å². The second kappa shape index (κ2) is 7.49. The third kappa shape index (κ3) is 4.06. The Morgan fingerprint density at radius 1 is 1.04 bits per heavy atom. The molecule has 3 aromatic rings. The third-order valence-electron chi connectivity index (χ3n) is 3.88. The SMILES string of the molecule is Cc1ccc(NC(=O)c2ccc(N(C)c3ccccc3)cn2)c(Br)c1. The molecule has 0 aliphatic heterocycles. The van der Waals surface area contributed by atoms with Crippen molar-refractivity contribution in [3.63, 3.8) is 0 Å². The van der Waals surface area contributed by atoms with E-state index in [1.165, 1.54) is 0 Å². The zero-order valence-corrected chi connectivity index (χ0v) is 15.6. The van der Waals surface area contributed by atoms with E-state index in [0.29, 0.717) is 5.69 Å². The summed E-state index contributed by atoms with van der Waals surface area (Å²) in [6, 6.07) is 19.4. The number of nitrogens with one attached hydrogen (secondary N) is 1. The average Bonchev–Trinajstić information content (AvgIpc) is 2.64. The summed E-state index contributed by atoms with van der Waals surface area (Å²) in [5.41, 5.74) is 4.20. The molecule has 0 unspecified atom stereocenters. The fraction of sp³-hybridized carbons (Fsp3) is 0.100. The maximum absolute atomic E-state index is 12.4. The first-order valence-corrected chi connectivity index (χ1v) is 8.66. The number of amides is 1. The molecule has 0 radical (unpaired) electrons. The minimum Gasteiger partial charge on any atom is -0.343 e. The molecule has 0 aliphatic rings. The van der Waals surface area contributed by atoms with Crippen LogP contribution in [0.5, 0.6) is 0 Å². The molecular weight excluding hydrogens is 378 g/mol. The van der Waals surface area contributed by atoms with Gasteiger partial charge in [-0.05, 0) is 64.8 Å². The van der Waals surface area contributed by atoms with Crippen LogP contribution in [0.1, 0.15) is 16.1 Å². The first-order valence-electron chi connectivity index (χ1n) is 7.87. The second-order valence-electron chi connectivity index (χ2n) is 5.73. The van der Waals surface area contributed by atoms with Gasteiger partial charge in [-0.2, -0.15) is 0 Å². The van der Waals surface area contributed by atoms with Crippen molar-refractivity contribution in [3.8, 4) is 0 Å². The van der Waals surface area contributed by atoms with Crippen LogP contribution in [0.3, 0.4) is 0 Å². The maximum Gasteiger partial charge on any atom is 0.274 e. The van der Waals surface area contributed by atoms with Crippen LogP contribution < -0.4 is 10.2 Å². The van der Waals surface area contributed by atoms with Gasteiger partial charge in [0, 0.05) is 17.2 Å². The Labute approximate surface area is 155 Å². The lowest BCUT2D eigenvalue weighted by molar-refractivity contribution is 0.102. The van der Waals surface area contributed by atoms with Gasteiger partial charge in [0.2, 0.25) is 0 Å². The van der Waals surface area contributed by atoms with E-state index in [1.807, 2.05) is 73.5 Å². The summed E-state index contributed by atoms with van der Waals surface area (Å²) < 4.78 is 0.848. The first-order chi connectivity index (χ1) is 12.0. The number of pyridine rings is 1. The number of nitrogens with zero attached hydrogens (tertiary/aromatic N) is 2. The summed E-state index contributed by atoms with van der Waals surface area (Å²) in [5.74, 6) is -0.238. The standard InChI is InChI=1S/C20H18BrN3O/c1-14-8-10-18(17(21)12-14)23-20(25)19-11-9-16(13-22-19)24(2)15-6-4-3-5-7-15/h3-13H,1-2H3,(H,23,25). The van der Waals surface area contributed by atoms with Crippen LogP contribution in [0.2, 0.25) is 0 Å². The number of halogens is 1. The Morgan fingerprint density at radius 3 is 2.44 bits per heavy atom. The number of rotatable bonds is 4. The maximum atomic E-state index is 12.4. The van der Waals surface area contributed by atoms with Crippen LogP contribution in [0.15, 0.2) is 71.3 Å². The number of aromatic nitrogens is 1. The van der Waals surface area contributed by atoms with E-state index < -0.39 is 0 Å². The lowest BCUT2D eigenvalue weighted by atomic mass is 10.2. The molecule has 0 atom stereocenters. The van der Waals surface area contributed by atoms with Gasteiger partial charge in [-0.15, -0.1) is 0 Å². The smallest absolute Gasteiger partial charge is 0.274 e. The van der Waals surface area contributed by atoms with E-state index in [4.69, 9.17) is 0 Å². The van der Waals surface area contributed by atoms with E-state index >= 15 is 0 Å². The van der Waals surface area contributed by atoms with Crippen molar-refractivity contribution in [1.29, 1.82) is 0 Å². The van der Waals surface area contributed by atoms with Crippen LogP contribution >= 0.6 is 15.9 Å². The highest BCUT2D eigenvalue weighted by atomic mass is 79.9. The van der Waals surface area contributed by atoms with Crippen molar-refractivity contribution in [2.45, 2.75) is 6.92 Å². The van der Waals surface area contributed by atoms with Gasteiger partial charge < -0.3 is 10.2 Å². The van der Waals surface area contributed by atoms with Crippen molar-refractivity contribution >= 4 is 38.9 Å². The van der Waals surface area contributed by atoms with Gasteiger partial charge in [-0.1, -0.05) is 24.3 Å². The molecule has 5 heteroatoms. The highest BCUT2D eigenvalue weighted by molar-refractivity contribution is 9.10. The number of hydrogen-bond donors (Lipinski definition) is 1. The molecule has 0 aliphatic carbocycles. The summed E-state index contributed by atoms with van der Waals surface area (Å²) in [4.78, 5) is 18.7. The van der Waals surface area contributed by atoms with Crippen LogP contribution in [0.4, 0.5) is 17.1 Å². The molecule has 1 amide bonds. The lowest BCUT2D eigenvalue weighted by Crippen LogP contribution is -2.15. The summed E-state index contributed by atoms with van der Waals surface area (Å²) >= 11 is 3.46. The molecule has 3 rings (SSSR count). The predicted octanol–water partition coefficient (Wildman–Crippen LogP) is 5.17. The largest absolute Gasteiger partial charge is 0.343 e. The molecule has 4 nitrogen and oxygen atoms in total. The Kier molecular flexibility index (Phi) is 5.14. The van der Waals surface area contributed by atoms with Crippen molar-refractivity contribution in [2.75, 3.05) is 17.3 Å². The third-order valence-corrected chi connectivity index (χ3v) is 4.54. The molecule has 1 aromatic heterocycles. The number of para-hydroxylation sites is 1. The van der Waals surface area contributed by atoms with Gasteiger partial charge in [0.15, 0.2) is 0 Å². The minimum atomic E-state index is -0.238. The number of benzene rings is 2. The highest BCUT2D eigenvalue weighted by Gasteiger charge is 2.11. The summed E-state index contributed by atoms with van der Waals surface area (Å²) in [6.45, 7) is 2.00. The number of carbonyl (C=O) groups excluding carboxylic acids is 1. The molecule has 1 N–H and O–H groups in total. The number of anilines is 3. The van der Waals surface area contributed by atoms with Gasteiger partial charge >= 0.3 is 0 Å². The van der Waals surface area contributed by atoms with E-state index in [0.717, 1.165) is 27.1 Å². The van der Waals surface area contributed by atoms with Crippen molar-refractivity contribution in [1.82, 2.24) is 4.98 Å². The first kappa shape index (κ1) is 17.2. The quantitative estimate of drug-likeness (QED) is 0.662. The average molecular weight is 396 g/mol. The molecular formula is C20H18BrN3O. The molecule has 2 aromatic carbocycles. The molecule has 126 valence electrons. The van der Waals surface area contributed by atoms with Crippen molar-refractivity contribution in [2.24, 2.45) is 0 Å². The van der Waals surface area contributed by atoms with Crippen molar-refractivity contribution < 1.29 is 4.79 Å². The monoisotopic (exact) mass is 395 g/mol. The zero-order valence-electron chi connectivity index (χ0n) is 14.0. The molecule has 0 fully saturated rings. The fourth-order valence-electron chi connectivity index (χ4n) is 2.43. The van der Waals surface area contributed by atoms with Gasteiger partial charge in [0.1, 0.15) is 5.69 Å². The Balaban J connectivity index is 1.74. The Hall–Kier alpha value is -2.66. The Bertz CT molecular complexity index is 879. The highest BCUT2D eigenvalue weighted by Crippen LogP contribution is 2.25. The van der Waals surface area contributed by atoms with Gasteiger partial charge in [0.05, 0.1) is 17.6 Å². The summed E-state index contributed by atoms with van der Waals surface area (Å²) in [7, 11) is 1.97. The molecule has 0 spiro atoms. The molecule has 0 saturated carbocycles. The number of carbonyl (C=O) groups is 1. The van der Waals surface area contributed by atoms with Crippen LogP contribution in [-0.4, -0.2) is 17.9 Å².